The number of carbonyl (C=O) groups is 3. The first-order chi connectivity index (χ1) is 17.9. The minimum atomic E-state index is -0.539. The summed E-state index contributed by atoms with van der Waals surface area (Å²) >= 11 is 1.08. The highest BCUT2D eigenvalue weighted by atomic mass is 32.1. The van der Waals surface area contributed by atoms with Crippen molar-refractivity contribution >= 4 is 40.1 Å². The molecular weight excluding hydrogens is 510 g/mol. The van der Waals surface area contributed by atoms with Gasteiger partial charge in [0.15, 0.2) is 5.13 Å². The molecular formula is C26H29N5O6S. The van der Waals surface area contributed by atoms with Crippen LogP contribution in [0.5, 0.6) is 5.75 Å². The van der Waals surface area contributed by atoms with Crippen LogP contribution in [-0.4, -0.2) is 33.4 Å². The first-order valence-electron chi connectivity index (χ1n) is 11.8. The molecule has 200 valence electrons. The van der Waals surface area contributed by atoms with E-state index in [4.69, 9.17) is 4.74 Å². The predicted octanol–water partition coefficient (Wildman–Crippen LogP) is 4.61. The fourth-order valence-electron chi connectivity index (χ4n) is 3.33. The van der Waals surface area contributed by atoms with E-state index in [2.05, 4.69) is 20.9 Å². The van der Waals surface area contributed by atoms with Crippen LogP contribution in [0.1, 0.15) is 54.2 Å². The molecule has 11 nitrogen and oxygen atoms in total. The second-order valence-electron chi connectivity index (χ2n) is 9.49. The first-order valence-corrected chi connectivity index (χ1v) is 12.6. The maximum Gasteiger partial charge on any atom is 0.413 e. The molecule has 0 aliphatic carbocycles. The van der Waals surface area contributed by atoms with Gasteiger partial charge in [-0.1, -0.05) is 35.6 Å². The zero-order chi connectivity index (χ0) is 27.9. The number of aromatic nitrogens is 1. The summed E-state index contributed by atoms with van der Waals surface area (Å²) in [5, 5.41) is 19.3. The number of hydrogen-bond acceptors (Lipinski definition) is 8. The topological polar surface area (TPSA) is 153 Å². The first kappa shape index (κ1) is 28.3. The number of nitrogens with one attached hydrogen (secondary N) is 3. The summed E-state index contributed by atoms with van der Waals surface area (Å²) in [6.07, 6.45) is 0.448. The smallest absolute Gasteiger partial charge is 0.410 e. The molecule has 3 aromatic rings. The minimum absolute atomic E-state index is 0.0301. The molecule has 0 saturated heterocycles. The van der Waals surface area contributed by atoms with E-state index in [0.29, 0.717) is 39.9 Å². The molecule has 3 amide bonds. The van der Waals surface area contributed by atoms with Gasteiger partial charge in [0.1, 0.15) is 10.6 Å². The highest BCUT2D eigenvalue weighted by Gasteiger charge is 2.19. The molecule has 0 fully saturated rings. The molecule has 1 heterocycles. The van der Waals surface area contributed by atoms with Crippen LogP contribution < -0.4 is 20.7 Å². The zero-order valence-corrected chi connectivity index (χ0v) is 22.3. The van der Waals surface area contributed by atoms with Crippen molar-refractivity contribution in [1.82, 2.24) is 15.6 Å². The maximum absolute atomic E-state index is 13.0. The predicted molar refractivity (Wildman–Crippen MR) is 143 cm³/mol. The van der Waals surface area contributed by atoms with Crippen LogP contribution in [0.3, 0.4) is 0 Å². The summed E-state index contributed by atoms with van der Waals surface area (Å²) in [5.41, 5.74) is 1.74. The zero-order valence-electron chi connectivity index (χ0n) is 21.5. The van der Waals surface area contributed by atoms with Gasteiger partial charge in [0.2, 0.25) is 5.91 Å². The van der Waals surface area contributed by atoms with Gasteiger partial charge < -0.3 is 20.7 Å². The molecule has 0 atom stereocenters. The molecule has 0 spiro atoms. The molecule has 0 unspecified atom stereocenters. The summed E-state index contributed by atoms with van der Waals surface area (Å²) in [6.45, 7) is 7.11. The second kappa shape index (κ2) is 12.3. The normalized spacial score (nSPS) is 10.9. The molecule has 12 heteroatoms. The number of rotatable bonds is 9. The van der Waals surface area contributed by atoms with Crippen molar-refractivity contribution in [3.63, 3.8) is 0 Å². The van der Waals surface area contributed by atoms with Gasteiger partial charge in [-0.15, -0.1) is 0 Å². The lowest BCUT2D eigenvalue weighted by atomic mass is 10.1. The van der Waals surface area contributed by atoms with E-state index in [9.17, 15) is 24.5 Å². The van der Waals surface area contributed by atoms with E-state index in [1.54, 1.807) is 24.3 Å². The van der Waals surface area contributed by atoms with Crippen molar-refractivity contribution < 1.29 is 24.0 Å². The Labute approximate surface area is 223 Å². The van der Waals surface area contributed by atoms with Crippen molar-refractivity contribution in [2.45, 2.75) is 52.6 Å². The number of carbonyl (C=O) groups excluding carboxylic acids is 3. The van der Waals surface area contributed by atoms with Crippen LogP contribution in [0.2, 0.25) is 0 Å². The number of ether oxygens (including phenoxy) is 1. The van der Waals surface area contributed by atoms with Gasteiger partial charge in [0, 0.05) is 31.1 Å². The molecule has 3 N–H and O–H groups in total. The van der Waals surface area contributed by atoms with E-state index >= 15 is 0 Å². The Kier molecular flexibility index (Phi) is 9.13. The molecule has 0 bridgehead atoms. The molecule has 38 heavy (non-hydrogen) atoms. The van der Waals surface area contributed by atoms with Crippen LogP contribution in [-0.2, 0) is 24.2 Å². The Hall–Kier alpha value is -4.32. The number of nitro benzene ring substituents is 1. The number of aryl methyl sites for hydroxylation is 2. The summed E-state index contributed by atoms with van der Waals surface area (Å²) in [4.78, 5) is 51.6. The van der Waals surface area contributed by atoms with E-state index < -0.39 is 16.6 Å². The van der Waals surface area contributed by atoms with Crippen LogP contribution >= 0.6 is 11.3 Å². The van der Waals surface area contributed by atoms with E-state index in [1.807, 2.05) is 32.9 Å². The summed E-state index contributed by atoms with van der Waals surface area (Å²) in [5.74, 6) is -0.251. The number of amides is 3. The average Bonchev–Trinajstić information content (AvgIpc) is 3.23. The molecule has 2 aromatic carbocycles. The fourth-order valence-corrected chi connectivity index (χ4v) is 4.30. The van der Waals surface area contributed by atoms with Gasteiger partial charge in [-0.2, -0.15) is 0 Å². The molecule has 3 rings (SSSR count). The Morgan fingerprint density at radius 3 is 2.21 bits per heavy atom. The third-order valence-corrected chi connectivity index (χ3v) is 6.06. The van der Waals surface area contributed by atoms with Crippen LogP contribution in [0, 0.1) is 10.1 Å². The van der Waals surface area contributed by atoms with Crippen LogP contribution in [0.4, 0.5) is 15.6 Å². The van der Waals surface area contributed by atoms with E-state index in [1.165, 1.54) is 19.1 Å². The second-order valence-corrected chi connectivity index (χ2v) is 10.5. The number of benzene rings is 2. The fraction of sp³-hybridized carbons (Fsp3) is 0.308. The SMILES string of the molecule is CC(=O)Nc1nc(CCc2ccc(OC(=O)NC(C)(C)C)cc2)c(C(=O)NCc2ccc([N+](=O)[O-])cc2)s1. The molecule has 0 radical (unpaired) electrons. The lowest BCUT2D eigenvalue weighted by Gasteiger charge is -2.19. The van der Waals surface area contributed by atoms with Crippen LogP contribution in [0.25, 0.3) is 0 Å². The number of nitro groups is 1. The Balaban J connectivity index is 1.65. The molecule has 0 aliphatic rings. The Bertz CT molecular complexity index is 1310. The summed E-state index contributed by atoms with van der Waals surface area (Å²) in [6, 6.07) is 13.0. The summed E-state index contributed by atoms with van der Waals surface area (Å²) in [7, 11) is 0. The lowest BCUT2D eigenvalue weighted by Crippen LogP contribution is -2.42. The number of thiazole rings is 1. The quantitative estimate of drug-likeness (QED) is 0.265. The Morgan fingerprint density at radius 1 is 1.00 bits per heavy atom. The van der Waals surface area contributed by atoms with Crippen molar-refractivity contribution in [2.24, 2.45) is 0 Å². The highest BCUT2D eigenvalue weighted by molar-refractivity contribution is 7.17. The van der Waals surface area contributed by atoms with Crippen molar-refractivity contribution in [2.75, 3.05) is 5.32 Å². The average molecular weight is 540 g/mol. The standard InChI is InChI=1S/C26H29N5O6S/c1-16(32)28-24-29-21(14-9-17-7-12-20(13-8-17)37-25(34)30-26(2,3)4)22(38-24)23(33)27-15-18-5-10-19(11-6-18)31(35)36/h5-8,10-13H,9,14-15H2,1-4H3,(H,27,33)(H,30,34)(H,28,29,32). The van der Waals surface area contributed by atoms with E-state index in [0.717, 1.165) is 16.9 Å². The highest BCUT2D eigenvalue weighted by Crippen LogP contribution is 2.25. The lowest BCUT2D eigenvalue weighted by molar-refractivity contribution is -0.384. The summed E-state index contributed by atoms with van der Waals surface area (Å²) < 4.78 is 5.29. The monoisotopic (exact) mass is 539 g/mol. The van der Waals surface area contributed by atoms with Crippen molar-refractivity contribution in [3.05, 3.63) is 80.3 Å². The van der Waals surface area contributed by atoms with Gasteiger partial charge in [0.25, 0.3) is 11.6 Å². The largest absolute Gasteiger partial charge is 0.413 e. The third kappa shape index (κ3) is 8.66. The van der Waals surface area contributed by atoms with E-state index in [-0.39, 0.29) is 24.0 Å². The van der Waals surface area contributed by atoms with Gasteiger partial charge in [-0.05, 0) is 56.9 Å². The van der Waals surface area contributed by atoms with Gasteiger partial charge in [0.05, 0.1) is 10.6 Å². The van der Waals surface area contributed by atoms with Gasteiger partial charge in [-0.3, -0.25) is 19.7 Å². The molecule has 1 aromatic heterocycles. The van der Waals surface area contributed by atoms with Crippen LogP contribution in [0.15, 0.2) is 48.5 Å². The van der Waals surface area contributed by atoms with Gasteiger partial charge in [-0.25, -0.2) is 9.78 Å². The van der Waals surface area contributed by atoms with Crippen molar-refractivity contribution in [1.29, 1.82) is 0 Å². The third-order valence-electron chi connectivity index (χ3n) is 5.05. The number of nitrogens with zero attached hydrogens (tertiary/aromatic N) is 2. The van der Waals surface area contributed by atoms with Crippen molar-refractivity contribution in [3.8, 4) is 5.75 Å². The maximum atomic E-state index is 13.0. The number of hydrogen-bond donors (Lipinski definition) is 3. The van der Waals surface area contributed by atoms with Gasteiger partial charge >= 0.3 is 6.09 Å². The minimum Gasteiger partial charge on any atom is -0.410 e. The number of anilines is 1. The molecule has 0 aliphatic heterocycles. The number of non-ortho nitro benzene ring substituents is 1. The Morgan fingerprint density at radius 2 is 1.63 bits per heavy atom. The molecule has 0 saturated carbocycles.